The van der Waals surface area contributed by atoms with E-state index in [2.05, 4.69) is 153 Å². The summed E-state index contributed by atoms with van der Waals surface area (Å²) in [6, 6.07) is 24.2. The zero-order chi connectivity index (χ0) is 53.9. The van der Waals surface area contributed by atoms with Crippen molar-refractivity contribution in [3.63, 3.8) is 0 Å². The van der Waals surface area contributed by atoms with Gasteiger partial charge < -0.3 is 4.52 Å². The summed E-state index contributed by atoms with van der Waals surface area (Å²) in [5, 5.41) is 16.7. The van der Waals surface area contributed by atoms with Crippen molar-refractivity contribution in [2.45, 2.75) is 146 Å². The lowest BCUT2D eigenvalue weighted by Crippen LogP contribution is -2.07. The fourth-order valence-electron chi connectivity index (χ4n) is 8.72. The van der Waals surface area contributed by atoms with E-state index in [9.17, 15) is 14.2 Å². The van der Waals surface area contributed by atoms with Crippen molar-refractivity contribution in [2.24, 2.45) is 16.2 Å². The largest absolute Gasteiger partial charge is 0.328 e. The third-order valence-corrected chi connectivity index (χ3v) is 14.5. The molecule has 6 rings (SSSR count). The van der Waals surface area contributed by atoms with Crippen LogP contribution in [0.25, 0.3) is 18.2 Å². The number of fused-ring (bicyclic) bond motifs is 3. The Bertz CT molecular complexity index is 2670. The van der Waals surface area contributed by atoms with Gasteiger partial charge in [-0.05, 0) is 179 Å². The normalized spacial score (nSPS) is 16.2. The molecule has 3 aromatic rings. The highest BCUT2D eigenvalue weighted by atomic mass is 31.2. The molecule has 0 heterocycles. The van der Waals surface area contributed by atoms with Crippen LogP contribution in [0.1, 0.15) is 158 Å². The fourth-order valence-corrected chi connectivity index (χ4v) is 9.61. The molecule has 0 amide bonds. The first-order valence-corrected chi connectivity index (χ1v) is 28.6. The van der Waals surface area contributed by atoms with Crippen LogP contribution in [0.4, 0.5) is 0 Å². The Labute approximate surface area is 441 Å². The molecule has 0 radical (unpaired) electrons. The highest BCUT2D eigenvalue weighted by molar-refractivity contribution is 7.58. The van der Waals surface area contributed by atoms with E-state index in [0.29, 0.717) is 6.61 Å². The predicted octanol–water partition coefficient (Wildman–Crippen LogP) is 17.1. The highest BCUT2D eigenvalue weighted by Crippen LogP contribution is 2.41. The molecule has 0 saturated carbocycles. The zero-order valence-corrected chi connectivity index (χ0v) is 47.1. The van der Waals surface area contributed by atoms with E-state index in [4.69, 9.17) is 15.0 Å². The first-order chi connectivity index (χ1) is 34.6. The summed E-state index contributed by atoms with van der Waals surface area (Å²) in [6.45, 7) is 23.1. The van der Waals surface area contributed by atoms with Crippen LogP contribution in [0.15, 0.2) is 132 Å². The maximum Gasteiger partial charge on any atom is 0.213 e. The van der Waals surface area contributed by atoms with Crippen LogP contribution in [0.2, 0.25) is 0 Å². The molecule has 1 unspecified atom stereocenters. The molecule has 0 aromatic heterocycles. The van der Waals surface area contributed by atoms with Crippen LogP contribution < -0.4 is 0 Å². The molecule has 0 saturated heterocycles. The first kappa shape index (κ1) is 61.4. The van der Waals surface area contributed by atoms with Crippen molar-refractivity contribution < 1.29 is 18.7 Å². The van der Waals surface area contributed by atoms with Gasteiger partial charge in [-0.3, -0.25) is 14.2 Å². The Hall–Kier alpha value is -5.91. The zero-order valence-electron chi connectivity index (χ0n) is 46.2. The Morgan fingerprint density at radius 3 is 1.21 bits per heavy atom. The third-order valence-electron chi connectivity index (χ3n) is 13.0. The Kier molecular flexibility index (Phi) is 26.0. The van der Waals surface area contributed by atoms with Crippen LogP contribution in [-0.4, -0.2) is 32.0 Å². The lowest BCUT2D eigenvalue weighted by Gasteiger charge is -2.20. The standard InChI is InChI=1S/C21H25N.C21H26O.C19H24O.C5H10NO2P/c2*1-21(2,3)20(10-6-7-15-22)14-12-17-11-13-18-8-4-5-9-19(18)16-17;1-19(2,3)18(12-13-20)11-9-15-8-10-16-6-4-5-7-17(16)14-15;1-3-8-9(2,7)5-4-6/h6-7,10-14,16H,4-5,8-9H2,1-3H3;6-7,10-16H,4-5,8-9H2,1-3H3;8-14H,4-7H2,1-3H3;3,5H2,1-2H3/b2*7-6+,14-12+,20-10-;11-9+,18-12-;. The Balaban J connectivity index is 0.000000267. The van der Waals surface area contributed by atoms with Crippen LogP contribution in [-0.2, 0) is 57.2 Å². The molecule has 0 spiro atoms. The second-order valence-corrected chi connectivity index (χ2v) is 24.8. The van der Waals surface area contributed by atoms with Crippen LogP contribution in [0.3, 0.4) is 0 Å². The molecule has 1 atom stereocenters. The predicted molar refractivity (Wildman–Crippen MR) is 311 cm³/mol. The van der Waals surface area contributed by atoms with Gasteiger partial charge in [-0.2, -0.15) is 10.5 Å². The number of allylic oxidation sites excluding steroid dienone is 13. The van der Waals surface area contributed by atoms with Gasteiger partial charge in [-0.1, -0.05) is 178 Å². The maximum absolute atomic E-state index is 11.0. The van der Waals surface area contributed by atoms with Gasteiger partial charge in [0.2, 0.25) is 7.37 Å². The molecule has 0 fully saturated rings. The highest BCUT2D eigenvalue weighted by Gasteiger charge is 2.17. The number of benzene rings is 3. The number of hydrogen-bond acceptors (Lipinski definition) is 6. The van der Waals surface area contributed by atoms with E-state index in [0.717, 1.165) is 18.1 Å². The van der Waals surface area contributed by atoms with Crippen molar-refractivity contribution in [3.8, 4) is 12.1 Å². The first-order valence-electron chi connectivity index (χ1n) is 26.4. The molecular weight excluding hydrogens is 916 g/mol. The van der Waals surface area contributed by atoms with E-state index in [-0.39, 0.29) is 22.4 Å². The molecule has 0 bridgehead atoms. The van der Waals surface area contributed by atoms with Crippen molar-refractivity contribution in [2.75, 3.05) is 19.4 Å². The number of nitrogens with zero attached hydrogens (tertiary/aromatic N) is 2. The number of carbonyl (C=O) groups is 2. The molecule has 3 aliphatic carbocycles. The van der Waals surface area contributed by atoms with E-state index >= 15 is 0 Å². The van der Waals surface area contributed by atoms with E-state index in [1.54, 1.807) is 19.1 Å². The SMILES string of the molecule is CC(C)(C)C(=C\C=C\C#N)/C=C/c1ccc2c(c1)CCCC2.CC(C)(C)C(=C\C=C\C=O)/C=C/c1ccc2c(c1)CCCC2.CC(C)(C)C(=C\C=O)/C=C/c1ccc2c(c1)CCCC2.CCOP(C)(=O)CC#N. The molecule has 3 aromatic carbocycles. The Morgan fingerprint density at radius 2 is 0.890 bits per heavy atom. The number of aldehydes is 2. The second kappa shape index (κ2) is 31.0. The van der Waals surface area contributed by atoms with Gasteiger partial charge in [0.15, 0.2) is 0 Å². The maximum atomic E-state index is 11.0. The average Bonchev–Trinajstić information content (AvgIpc) is 3.34. The average molecular weight is 1000 g/mol. The molecule has 388 valence electrons. The van der Waals surface area contributed by atoms with Crippen molar-refractivity contribution in [1.82, 2.24) is 0 Å². The summed E-state index contributed by atoms with van der Waals surface area (Å²) >= 11 is 0. The third kappa shape index (κ3) is 23.2. The van der Waals surface area contributed by atoms with Gasteiger partial charge in [0.25, 0.3) is 0 Å². The molecular formula is C66H85N2O4P. The Morgan fingerprint density at radius 1 is 0.534 bits per heavy atom. The van der Waals surface area contributed by atoms with Crippen LogP contribution >= 0.6 is 7.37 Å². The van der Waals surface area contributed by atoms with Gasteiger partial charge in [0, 0.05) is 12.7 Å². The van der Waals surface area contributed by atoms with E-state index < -0.39 is 7.37 Å². The minimum Gasteiger partial charge on any atom is -0.328 e. The quantitative estimate of drug-likeness (QED) is 0.0555. The molecule has 73 heavy (non-hydrogen) atoms. The molecule has 6 nitrogen and oxygen atoms in total. The monoisotopic (exact) mass is 1000 g/mol. The summed E-state index contributed by atoms with van der Waals surface area (Å²) in [5.74, 6) is 0. The van der Waals surface area contributed by atoms with Gasteiger partial charge in [-0.25, -0.2) is 0 Å². The number of rotatable bonds is 13. The van der Waals surface area contributed by atoms with Gasteiger partial charge >= 0.3 is 0 Å². The molecule has 3 aliphatic rings. The van der Waals surface area contributed by atoms with Gasteiger partial charge in [0.05, 0.1) is 18.7 Å². The number of nitriles is 2. The van der Waals surface area contributed by atoms with Crippen LogP contribution in [0.5, 0.6) is 0 Å². The molecule has 0 N–H and O–H groups in total. The number of aryl methyl sites for hydroxylation is 6. The number of hydrogen-bond donors (Lipinski definition) is 0. The number of carbonyl (C=O) groups excluding carboxylic acids is 2. The minimum absolute atomic E-state index is 0.00832. The topological polar surface area (TPSA) is 108 Å². The van der Waals surface area contributed by atoms with Crippen LogP contribution in [0, 0.1) is 38.9 Å². The summed E-state index contributed by atoms with van der Waals surface area (Å²) in [5.41, 5.74) is 16.4. The van der Waals surface area contributed by atoms with Gasteiger partial charge in [-0.15, -0.1) is 0 Å². The summed E-state index contributed by atoms with van der Waals surface area (Å²) in [4.78, 5) is 21.2. The van der Waals surface area contributed by atoms with E-state index in [1.165, 1.54) is 157 Å². The smallest absolute Gasteiger partial charge is 0.213 e. The fraction of sp³-hybridized carbons (Fsp3) is 0.424. The lowest BCUT2D eigenvalue weighted by atomic mass is 9.85. The van der Waals surface area contributed by atoms with Gasteiger partial charge in [0.1, 0.15) is 18.7 Å². The summed E-state index contributed by atoms with van der Waals surface area (Å²) in [7, 11) is -2.55. The lowest BCUT2D eigenvalue weighted by molar-refractivity contribution is -0.104. The van der Waals surface area contributed by atoms with Crippen molar-refractivity contribution >= 4 is 38.2 Å². The second-order valence-electron chi connectivity index (χ2n) is 22.2. The minimum atomic E-state index is -2.55. The molecule has 7 heteroatoms. The molecule has 0 aliphatic heterocycles. The van der Waals surface area contributed by atoms with Crippen molar-refractivity contribution in [3.05, 3.63) is 182 Å². The van der Waals surface area contributed by atoms with E-state index in [1.807, 2.05) is 30.4 Å². The van der Waals surface area contributed by atoms with Crippen molar-refractivity contribution in [1.29, 1.82) is 10.5 Å². The summed E-state index contributed by atoms with van der Waals surface area (Å²) in [6.07, 6.45) is 42.1. The summed E-state index contributed by atoms with van der Waals surface area (Å²) < 4.78 is 15.8.